The maximum absolute atomic E-state index is 6.13. The van der Waals surface area contributed by atoms with E-state index in [-0.39, 0.29) is 0 Å². The summed E-state index contributed by atoms with van der Waals surface area (Å²) >= 11 is 9.60. The molecule has 1 aromatic rings. The molecule has 0 unspecified atom stereocenters. The number of halogens is 2. The molecule has 0 atom stereocenters. The van der Waals surface area contributed by atoms with Gasteiger partial charge in [-0.3, -0.25) is 0 Å². The minimum atomic E-state index is 0.477. The van der Waals surface area contributed by atoms with Crippen LogP contribution in [0.25, 0.3) is 0 Å². The van der Waals surface area contributed by atoms with E-state index in [1.54, 1.807) is 12.5 Å². The van der Waals surface area contributed by atoms with Crippen LogP contribution in [0.1, 0.15) is 26.7 Å². The van der Waals surface area contributed by atoms with Crippen LogP contribution in [-0.4, -0.2) is 27.9 Å². The van der Waals surface area contributed by atoms with Crippen molar-refractivity contribution in [1.29, 1.82) is 0 Å². The zero-order valence-corrected chi connectivity index (χ0v) is 12.0. The Balaban J connectivity index is 2.97. The van der Waals surface area contributed by atoms with Crippen LogP contribution in [0.2, 0.25) is 5.02 Å². The molecule has 1 aromatic heterocycles. The number of nitrogens with zero attached hydrogens (tertiary/aromatic N) is 3. The highest BCUT2D eigenvalue weighted by Gasteiger charge is 2.18. The molecule has 1 heterocycles. The molecule has 1 rings (SSSR count). The fraction of sp³-hybridized carbons (Fsp3) is 0.636. The molecule has 0 aliphatic heterocycles. The predicted octanol–water partition coefficient (Wildman–Crippen LogP) is 3.52. The van der Waals surface area contributed by atoms with Gasteiger partial charge in [-0.15, -0.1) is 0 Å². The van der Waals surface area contributed by atoms with E-state index in [9.17, 15) is 0 Å². The second kappa shape index (κ2) is 7.07. The average Bonchev–Trinajstić information content (AvgIpc) is 2.30. The minimum Gasteiger partial charge on any atom is -0.351 e. The third-order valence-electron chi connectivity index (χ3n) is 2.63. The van der Waals surface area contributed by atoms with Crippen LogP contribution in [-0.2, 0) is 0 Å². The van der Waals surface area contributed by atoms with Crippen molar-refractivity contribution in [1.82, 2.24) is 9.97 Å². The number of aromatic nitrogens is 2. The summed E-state index contributed by atoms with van der Waals surface area (Å²) in [7, 11) is 0. The monoisotopic (exact) mass is 305 g/mol. The molecule has 5 heteroatoms. The van der Waals surface area contributed by atoms with E-state index in [1.807, 2.05) is 0 Å². The second-order valence-electron chi connectivity index (χ2n) is 3.55. The Kier molecular flexibility index (Phi) is 6.06. The third-order valence-corrected chi connectivity index (χ3v) is 3.25. The number of hydrogen-bond donors (Lipinski definition) is 0. The SMILES string of the molecule is CCC(CC)N(CCBr)c1ncncc1Cl. The quantitative estimate of drug-likeness (QED) is 0.753. The largest absolute Gasteiger partial charge is 0.351 e. The number of anilines is 1. The van der Waals surface area contributed by atoms with E-state index in [0.717, 1.165) is 30.5 Å². The lowest BCUT2D eigenvalue weighted by atomic mass is 10.1. The molecule has 0 bridgehead atoms. The molecular weight excluding hydrogens is 289 g/mol. The maximum Gasteiger partial charge on any atom is 0.151 e. The first-order chi connectivity index (χ1) is 7.74. The summed E-state index contributed by atoms with van der Waals surface area (Å²) in [5.41, 5.74) is 0. The summed E-state index contributed by atoms with van der Waals surface area (Å²) in [6.07, 6.45) is 5.37. The highest BCUT2D eigenvalue weighted by atomic mass is 79.9. The maximum atomic E-state index is 6.13. The number of rotatable bonds is 6. The summed E-state index contributed by atoms with van der Waals surface area (Å²) in [5.74, 6) is 0.838. The van der Waals surface area contributed by atoms with Crippen molar-refractivity contribution < 1.29 is 0 Å². The standard InChI is InChI=1S/C11H17BrClN3/c1-3-9(4-2)16(6-5-12)11-10(13)7-14-8-15-11/h7-9H,3-6H2,1-2H3. The molecule has 0 radical (unpaired) electrons. The topological polar surface area (TPSA) is 29.0 Å². The van der Waals surface area contributed by atoms with Crippen molar-refractivity contribution in [3.8, 4) is 0 Å². The smallest absolute Gasteiger partial charge is 0.151 e. The van der Waals surface area contributed by atoms with Crippen LogP contribution in [0.3, 0.4) is 0 Å². The minimum absolute atomic E-state index is 0.477. The molecule has 16 heavy (non-hydrogen) atoms. The Morgan fingerprint density at radius 1 is 1.44 bits per heavy atom. The summed E-state index contributed by atoms with van der Waals surface area (Å²) in [6, 6.07) is 0.477. The van der Waals surface area contributed by atoms with Gasteiger partial charge in [-0.1, -0.05) is 41.4 Å². The van der Waals surface area contributed by atoms with Gasteiger partial charge in [0.15, 0.2) is 5.82 Å². The second-order valence-corrected chi connectivity index (χ2v) is 4.75. The number of hydrogen-bond acceptors (Lipinski definition) is 3. The first-order valence-corrected chi connectivity index (χ1v) is 7.02. The Bertz CT molecular complexity index is 318. The zero-order chi connectivity index (χ0) is 12.0. The first kappa shape index (κ1) is 13.7. The Labute approximate surface area is 110 Å². The van der Waals surface area contributed by atoms with Gasteiger partial charge in [-0.25, -0.2) is 9.97 Å². The Hall–Kier alpha value is -0.350. The lowest BCUT2D eigenvalue weighted by Gasteiger charge is -2.31. The van der Waals surface area contributed by atoms with Gasteiger partial charge in [-0.05, 0) is 12.8 Å². The van der Waals surface area contributed by atoms with Gasteiger partial charge in [0.2, 0.25) is 0 Å². The van der Waals surface area contributed by atoms with E-state index < -0.39 is 0 Å². The highest BCUT2D eigenvalue weighted by molar-refractivity contribution is 9.09. The van der Waals surface area contributed by atoms with Gasteiger partial charge in [0.05, 0.1) is 6.20 Å². The normalized spacial score (nSPS) is 10.8. The lowest BCUT2D eigenvalue weighted by Crippen LogP contribution is -2.36. The molecule has 0 aliphatic carbocycles. The molecule has 0 aliphatic rings. The third kappa shape index (κ3) is 3.32. The van der Waals surface area contributed by atoms with Crippen LogP contribution in [0, 0.1) is 0 Å². The molecule has 0 saturated heterocycles. The molecule has 0 fully saturated rings. The van der Waals surface area contributed by atoms with Crippen molar-refractivity contribution in [3.63, 3.8) is 0 Å². The summed E-state index contributed by atoms with van der Waals surface area (Å²) in [6.45, 7) is 5.28. The van der Waals surface area contributed by atoms with Gasteiger partial charge >= 0.3 is 0 Å². The average molecular weight is 307 g/mol. The van der Waals surface area contributed by atoms with Crippen LogP contribution in [0.4, 0.5) is 5.82 Å². The molecule has 0 saturated carbocycles. The predicted molar refractivity (Wildman–Crippen MR) is 72.6 cm³/mol. The molecule has 3 nitrogen and oxygen atoms in total. The van der Waals surface area contributed by atoms with Crippen molar-refractivity contribution in [2.24, 2.45) is 0 Å². The molecule has 90 valence electrons. The number of alkyl halides is 1. The molecule has 0 spiro atoms. The summed E-state index contributed by atoms with van der Waals surface area (Å²) < 4.78 is 0. The van der Waals surface area contributed by atoms with Crippen molar-refractivity contribution in [2.45, 2.75) is 32.7 Å². The van der Waals surface area contributed by atoms with E-state index in [1.165, 1.54) is 0 Å². The van der Waals surface area contributed by atoms with Crippen LogP contribution >= 0.6 is 27.5 Å². The zero-order valence-electron chi connectivity index (χ0n) is 9.66. The fourth-order valence-electron chi connectivity index (χ4n) is 1.80. The van der Waals surface area contributed by atoms with E-state index in [2.05, 4.69) is 44.6 Å². The van der Waals surface area contributed by atoms with Crippen LogP contribution < -0.4 is 4.90 Å². The first-order valence-electron chi connectivity index (χ1n) is 5.52. The van der Waals surface area contributed by atoms with E-state index in [4.69, 9.17) is 11.6 Å². The Morgan fingerprint density at radius 3 is 2.62 bits per heavy atom. The van der Waals surface area contributed by atoms with E-state index >= 15 is 0 Å². The van der Waals surface area contributed by atoms with Gasteiger partial charge < -0.3 is 4.90 Å². The molecule has 0 aromatic carbocycles. The summed E-state index contributed by atoms with van der Waals surface area (Å²) in [4.78, 5) is 10.4. The van der Waals surface area contributed by atoms with Gasteiger partial charge in [-0.2, -0.15) is 0 Å². The van der Waals surface area contributed by atoms with Gasteiger partial charge in [0.25, 0.3) is 0 Å². The molecule has 0 N–H and O–H groups in total. The fourth-order valence-corrected chi connectivity index (χ4v) is 2.40. The van der Waals surface area contributed by atoms with Crippen LogP contribution in [0.5, 0.6) is 0 Å². The molecule has 0 amide bonds. The van der Waals surface area contributed by atoms with E-state index in [0.29, 0.717) is 11.1 Å². The van der Waals surface area contributed by atoms with Crippen molar-refractivity contribution >= 4 is 33.3 Å². The van der Waals surface area contributed by atoms with Crippen LogP contribution in [0.15, 0.2) is 12.5 Å². The van der Waals surface area contributed by atoms with Crippen molar-refractivity contribution in [2.75, 3.05) is 16.8 Å². The van der Waals surface area contributed by atoms with Gasteiger partial charge in [0, 0.05) is 17.9 Å². The van der Waals surface area contributed by atoms with Crippen molar-refractivity contribution in [3.05, 3.63) is 17.5 Å². The highest BCUT2D eigenvalue weighted by Crippen LogP contribution is 2.25. The summed E-state index contributed by atoms with van der Waals surface area (Å²) in [5, 5.41) is 1.53. The lowest BCUT2D eigenvalue weighted by molar-refractivity contribution is 0.563. The molecular formula is C11H17BrClN3. The van der Waals surface area contributed by atoms with Gasteiger partial charge in [0.1, 0.15) is 11.3 Å². The Morgan fingerprint density at radius 2 is 2.12 bits per heavy atom.